The van der Waals surface area contributed by atoms with Crippen LogP contribution in [-0.2, 0) is 0 Å². The summed E-state index contributed by atoms with van der Waals surface area (Å²) in [5.41, 5.74) is 2.60. The Morgan fingerprint density at radius 2 is 1.77 bits per heavy atom. The van der Waals surface area contributed by atoms with Gasteiger partial charge in [0.15, 0.2) is 0 Å². The molecule has 0 atom stereocenters. The lowest BCUT2D eigenvalue weighted by Gasteiger charge is -1.81. The molecule has 0 unspecified atom stereocenters. The number of nitrogens with one attached hydrogen (secondary N) is 1. The van der Waals surface area contributed by atoms with Gasteiger partial charge in [0.05, 0.1) is 0 Å². The van der Waals surface area contributed by atoms with Crippen LogP contribution in [0.4, 0.5) is 0 Å². The molecule has 0 bridgehead atoms. The SMILES string of the molecule is Cc1cc[nH]c1C.c1ccncc1. The standard InChI is InChI=1S/C6H9N.C5H5N/c1-5-3-4-7-6(5)2;1-2-4-6-5-3-1/h3-4,7H,1-2H3;1-5H. The summed E-state index contributed by atoms with van der Waals surface area (Å²) >= 11 is 0. The van der Waals surface area contributed by atoms with Crippen LogP contribution in [0.5, 0.6) is 0 Å². The lowest BCUT2D eigenvalue weighted by molar-refractivity contribution is 1.23. The van der Waals surface area contributed by atoms with Crippen LogP contribution in [0.2, 0.25) is 0 Å². The van der Waals surface area contributed by atoms with Gasteiger partial charge in [-0.15, -0.1) is 0 Å². The van der Waals surface area contributed by atoms with Crippen molar-refractivity contribution in [1.29, 1.82) is 0 Å². The Morgan fingerprint density at radius 3 is 1.92 bits per heavy atom. The normalized spacial score (nSPS) is 8.77. The number of pyridine rings is 1. The minimum absolute atomic E-state index is 1.26. The van der Waals surface area contributed by atoms with Crippen molar-refractivity contribution in [3.63, 3.8) is 0 Å². The van der Waals surface area contributed by atoms with Crippen molar-refractivity contribution in [3.05, 3.63) is 54.1 Å². The first-order valence-corrected chi connectivity index (χ1v) is 4.26. The van der Waals surface area contributed by atoms with Crippen molar-refractivity contribution in [3.8, 4) is 0 Å². The van der Waals surface area contributed by atoms with E-state index in [2.05, 4.69) is 29.9 Å². The third-order valence-corrected chi connectivity index (χ3v) is 1.79. The van der Waals surface area contributed by atoms with Gasteiger partial charge in [0, 0.05) is 24.3 Å². The largest absolute Gasteiger partial charge is 0.365 e. The van der Waals surface area contributed by atoms with Crippen LogP contribution in [0.25, 0.3) is 0 Å². The molecule has 13 heavy (non-hydrogen) atoms. The van der Waals surface area contributed by atoms with Gasteiger partial charge in [-0.25, -0.2) is 0 Å². The zero-order chi connectivity index (χ0) is 9.52. The summed E-state index contributed by atoms with van der Waals surface area (Å²) < 4.78 is 0. The van der Waals surface area contributed by atoms with Gasteiger partial charge >= 0.3 is 0 Å². The molecule has 0 fully saturated rings. The smallest absolute Gasteiger partial charge is 0.0267 e. The van der Waals surface area contributed by atoms with Gasteiger partial charge in [0.25, 0.3) is 0 Å². The summed E-state index contributed by atoms with van der Waals surface area (Å²) in [6.07, 6.45) is 5.45. The van der Waals surface area contributed by atoms with Crippen LogP contribution in [0.3, 0.4) is 0 Å². The Hall–Kier alpha value is -1.57. The fourth-order valence-electron chi connectivity index (χ4n) is 0.843. The van der Waals surface area contributed by atoms with Gasteiger partial charge in [0.2, 0.25) is 0 Å². The molecule has 0 saturated heterocycles. The second kappa shape index (κ2) is 5.14. The minimum atomic E-state index is 1.26. The van der Waals surface area contributed by atoms with E-state index >= 15 is 0 Å². The predicted octanol–water partition coefficient (Wildman–Crippen LogP) is 2.71. The van der Waals surface area contributed by atoms with Crippen LogP contribution in [0.1, 0.15) is 11.3 Å². The lowest BCUT2D eigenvalue weighted by Crippen LogP contribution is -1.69. The van der Waals surface area contributed by atoms with Crippen molar-refractivity contribution >= 4 is 0 Å². The van der Waals surface area contributed by atoms with Crippen molar-refractivity contribution < 1.29 is 0 Å². The van der Waals surface area contributed by atoms with Gasteiger partial charge in [-0.05, 0) is 37.6 Å². The average Bonchev–Trinajstić information content (AvgIpc) is 2.55. The van der Waals surface area contributed by atoms with Crippen LogP contribution < -0.4 is 0 Å². The van der Waals surface area contributed by atoms with E-state index in [1.54, 1.807) is 12.4 Å². The van der Waals surface area contributed by atoms with Crippen LogP contribution in [0.15, 0.2) is 42.9 Å². The number of aromatic nitrogens is 2. The van der Waals surface area contributed by atoms with Crippen LogP contribution in [-0.4, -0.2) is 9.97 Å². The number of nitrogens with zero attached hydrogens (tertiary/aromatic N) is 1. The number of aromatic amines is 1. The van der Waals surface area contributed by atoms with Gasteiger partial charge in [-0.3, -0.25) is 4.98 Å². The van der Waals surface area contributed by atoms with Crippen molar-refractivity contribution in [1.82, 2.24) is 9.97 Å². The Kier molecular flexibility index (Phi) is 3.76. The van der Waals surface area contributed by atoms with E-state index in [1.807, 2.05) is 24.4 Å². The Labute approximate surface area is 78.7 Å². The Balaban J connectivity index is 0.000000132. The number of hydrogen-bond acceptors (Lipinski definition) is 1. The fourth-order valence-corrected chi connectivity index (χ4v) is 0.843. The first-order chi connectivity index (χ1) is 6.30. The zero-order valence-electron chi connectivity index (χ0n) is 7.99. The summed E-state index contributed by atoms with van der Waals surface area (Å²) in [4.78, 5) is 6.85. The van der Waals surface area contributed by atoms with Gasteiger partial charge < -0.3 is 4.98 Å². The highest BCUT2D eigenvalue weighted by atomic mass is 14.7. The predicted molar refractivity (Wildman–Crippen MR) is 54.5 cm³/mol. The number of rotatable bonds is 0. The van der Waals surface area contributed by atoms with Gasteiger partial charge in [-0.2, -0.15) is 0 Å². The number of hydrogen-bond donors (Lipinski definition) is 1. The summed E-state index contributed by atoms with van der Waals surface area (Å²) in [5, 5.41) is 0. The molecule has 0 aromatic carbocycles. The molecule has 2 nitrogen and oxygen atoms in total. The quantitative estimate of drug-likeness (QED) is 0.653. The van der Waals surface area contributed by atoms with E-state index in [9.17, 15) is 0 Å². The van der Waals surface area contributed by atoms with Gasteiger partial charge in [0.1, 0.15) is 0 Å². The molecule has 0 aliphatic rings. The minimum Gasteiger partial charge on any atom is -0.365 e. The van der Waals surface area contributed by atoms with E-state index < -0.39 is 0 Å². The summed E-state index contributed by atoms with van der Waals surface area (Å²) in [7, 11) is 0. The van der Waals surface area contributed by atoms with Crippen molar-refractivity contribution in [2.75, 3.05) is 0 Å². The molecular formula is C11H14N2. The zero-order valence-corrected chi connectivity index (χ0v) is 7.99. The molecule has 0 saturated carbocycles. The van der Waals surface area contributed by atoms with Crippen molar-refractivity contribution in [2.24, 2.45) is 0 Å². The average molecular weight is 174 g/mol. The fraction of sp³-hybridized carbons (Fsp3) is 0.182. The lowest BCUT2D eigenvalue weighted by atomic mass is 10.3. The third kappa shape index (κ3) is 3.56. The molecule has 2 aromatic heterocycles. The highest BCUT2D eigenvalue weighted by Crippen LogP contribution is 1.99. The van der Waals surface area contributed by atoms with E-state index in [-0.39, 0.29) is 0 Å². The molecule has 2 aromatic rings. The first-order valence-electron chi connectivity index (χ1n) is 4.26. The monoisotopic (exact) mass is 174 g/mol. The number of H-pyrrole nitrogens is 1. The molecule has 2 rings (SSSR count). The maximum Gasteiger partial charge on any atom is 0.0267 e. The van der Waals surface area contributed by atoms with Crippen LogP contribution in [0, 0.1) is 13.8 Å². The highest BCUT2D eigenvalue weighted by molar-refractivity contribution is 5.15. The highest BCUT2D eigenvalue weighted by Gasteiger charge is 1.85. The van der Waals surface area contributed by atoms with Crippen molar-refractivity contribution in [2.45, 2.75) is 13.8 Å². The second-order valence-corrected chi connectivity index (χ2v) is 2.81. The molecule has 0 aliphatic carbocycles. The molecule has 68 valence electrons. The molecule has 0 amide bonds. The maximum atomic E-state index is 3.78. The third-order valence-electron chi connectivity index (χ3n) is 1.79. The molecule has 1 N–H and O–H groups in total. The molecule has 2 heterocycles. The Morgan fingerprint density at radius 1 is 1.08 bits per heavy atom. The van der Waals surface area contributed by atoms with Gasteiger partial charge in [-0.1, -0.05) is 6.07 Å². The summed E-state index contributed by atoms with van der Waals surface area (Å²) in [6.45, 7) is 4.15. The molecule has 0 radical (unpaired) electrons. The van der Waals surface area contributed by atoms with E-state index in [1.165, 1.54) is 11.3 Å². The van der Waals surface area contributed by atoms with Crippen LogP contribution >= 0.6 is 0 Å². The van der Waals surface area contributed by atoms with E-state index in [0.717, 1.165) is 0 Å². The van der Waals surface area contributed by atoms with E-state index in [4.69, 9.17) is 0 Å². The van der Waals surface area contributed by atoms with E-state index in [0.29, 0.717) is 0 Å². The summed E-state index contributed by atoms with van der Waals surface area (Å²) in [6, 6.07) is 7.78. The maximum absolute atomic E-state index is 3.78. The molecule has 0 aliphatic heterocycles. The molecule has 0 spiro atoms. The number of aryl methyl sites for hydroxylation is 2. The summed E-state index contributed by atoms with van der Waals surface area (Å²) in [5.74, 6) is 0. The first kappa shape index (κ1) is 9.52. The Bertz CT molecular complexity index is 282. The second-order valence-electron chi connectivity index (χ2n) is 2.81. The molecule has 2 heteroatoms. The topological polar surface area (TPSA) is 28.7 Å². The molecular weight excluding hydrogens is 160 g/mol.